The van der Waals surface area contributed by atoms with Crippen molar-refractivity contribution in [3.8, 4) is 33.9 Å². The van der Waals surface area contributed by atoms with E-state index in [-0.39, 0.29) is 23.2 Å². The average molecular weight is 639 g/mol. The quantitative estimate of drug-likeness (QED) is 0.223. The molecule has 0 radical (unpaired) electrons. The molecule has 6 rings (SSSR count). The lowest BCUT2D eigenvalue weighted by molar-refractivity contribution is 0.000620. The van der Waals surface area contributed by atoms with E-state index in [9.17, 15) is 14.4 Å². The summed E-state index contributed by atoms with van der Waals surface area (Å²) in [6.07, 6.45) is 5.04. The third-order valence-corrected chi connectivity index (χ3v) is 8.56. The molecular formula is C36H42N6O5. The van der Waals surface area contributed by atoms with Crippen LogP contribution in [0.5, 0.6) is 11.5 Å². The fourth-order valence-corrected chi connectivity index (χ4v) is 5.99. The van der Waals surface area contributed by atoms with Crippen LogP contribution in [-0.2, 0) is 11.8 Å². The van der Waals surface area contributed by atoms with Crippen molar-refractivity contribution in [3.63, 3.8) is 0 Å². The van der Waals surface area contributed by atoms with Crippen LogP contribution in [0.2, 0.25) is 0 Å². The minimum Gasteiger partial charge on any atom is -0.455 e. The first kappa shape index (κ1) is 31.9. The molecule has 0 bridgehead atoms. The summed E-state index contributed by atoms with van der Waals surface area (Å²) < 4.78 is 17.2. The maximum absolute atomic E-state index is 13.8. The highest BCUT2D eigenvalue weighted by molar-refractivity contribution is 5.98. The molecule has 5 heterocycles. The average Bonchev–Trinajstić information content (AvgIpc) is 3.57. The summed E-state index contributed by atoms with van der Waals surface area (Å²) in [6, 6.07) is 9.37. The van der Waals surface area contributed by atoms with Crippen molar-refractivity contribution in [2.24, 2.45) is 7.05 Å². The lowest BCUT2D eigenvalue weighted by Gasteiger charge is -2.40. The molecule has 0 spiro atoms. The number of nitrogens with one attached hydrogen (secondary N) is 1. The van der Waals surface area contributed by atoms with E-state index in [1.54, 1.807) is 35.0 Å². The number of likely N-dealkylation sites (tertiary alicyclic amines) is 1. The topological polar surface area (TPSA) is 116 Å². The first-order valence-corrected chi connectivity index (χ1v) is 15.9. The molecule has 1 aliphatic heterocycles. The highest BCUT2D eigenvalue weighted by atomic mass is 16.6. The van der Waals surface area contributed by atoms with Gasteiger partial charge in [0.05, 0.1) is 23.6 Å². The van der Waals surface area contributed by atoms with E-state index in [2.05, 4.69) is 23.9 Å². The number of aromatic amines is 1. The van der Waals surface area contributed by atoms with Crippen molar-refractivity contribution in [3.05, 3.63) is 86.5 Å². The molecule has 4 aromatic heterocycles. The molecule has 5 aromatic rings. The summed E-state index contributed by atoms with van der Waals surface area (Å²) in [4.78, 5) is 44.8. The summed E-state index contributed by atoms with van der Waals surface area (Å²) in [5.74, 6) is 1.15. The van der Waals surface area contributed by atoms with Gasteiger partial charge in [0.2, 0.25) is 0 Å². The van der Waals surface area contributed by atoms with Gasteiger partial charge < -0.3 is 28.5 Å². The van der Waals surface area contributed by atoms with E-state index in [1.165, 1.54) is 4.57 Å². The van der Waals surface area contributed by atoms with E-state index in [0.717, 1.165) is 28.1 Å². The Balaban J connectivity index is 1.49. The van der Waals surface area contributed by atoms with Crippen molar-refractivity contribution in [2.75, 3.05) is 13.1 Å². The van der Waals surface area contributed by atoms with Gasteiger partial charge in [-0.25, -0.2) is 4.79 Å². The van der Waals surface area contributed by atoms with Gasteiger partial charge in [-0.3, -0.25) is 14.3 Å². The van der Waals surface area contributed by atoms with E-state index < -0.39 is 11.7 Å². The van der Waals surface area contributed by atoms with Gasteiger partial charge in [0.15, 0.2) is 5.75 Å². The van der Waals surface area contributed by atoms with Gasteiger partial charge in [0.1, 0.15) is 16.9 Å². The fourth-order valence-electron chi connectivity index (χ4n) is 5.99. The van der Waals surface area contributed by atoms with Crippen molar-refractivity contribution in [2.45, 2.75) is 73.1 Å². The number of para-hydroxylation sites is 1. The second-order valence-corrected chi connectivity index (χ2v) is 13.8. The van der Waals surface area contributed by atoms with Crippen LogP contribution < -0.4 is 15.9 Å². The van der Waals surface area contributed by atoms with E-state index >= 15 is 0 Å². The number of aryl methyl sites for hydroxylation is 4. The SMILES string of the molecule is Cc1cccc(C)c1Oc1cn(C2CN(C(=O)OC(C)(C)C)C2)c(=O)cc1-c1cn(C)c(=O)c2[nH]c(-c3cn(C(C)C)nc3C)cc12. The lowest BCUT2D eigenvalue weighted by atomic mass is 10.0. The second-order valence-electron chi connectivity index (χ2n) is 13.8. The molecule has 47 heavy (non-hydrogen) atoms. The molecule has 0 saturated carbocycles. The Morgan fingerprint density at radius 3 is 2.28 bits per heavy atom. The minimum absolute atomic E-state index is 0.179. The van der Waals surface area contributed by atoms with Crippen LogP contribution in [0.4, 0.5) is 4.79 Å². The molecule has 11 heteroatoms. The maximum atomic E-state index is 13.8. The number of carbonyl (C=O) groups is 1. The number of aromatic nitrogens is 5. The summed E-state index contributed by atoms with van der Waals surface area (Å²) in [5.41, 5.74) is 4.99. The minimum atomic E-state index is -0.611. The van der Waals surface area contributed by atoms with Gasteiger partial charge in [0, 0.05) is 66.7 Å². The molecule has 1 aromatic carbocycles. The maximum Gasteiger partial charge on any atom is 0.410 e. The number of nitrogens with zero attached hydrogens (tertiary/aromatic N) is 5. The number of carbonyl (C=O) groups excluding carboxylic acids is 1. The van der Waals surface area contributed by atoms with E-state index in [1.807, 2.05) is 76.7 Å². The number of benzene rings is 1. The third-order valence-electron chi connectivity index (χ3n) is 8.56. The Bertz CT molecular complexity index is 2120. The highest BCUT2D eigenvalue weighted by Gasteiger charge is 2.36. The van der Waals surface area contributed by atoms with Crippen LogP contribution in [0, 0.1) is 20.8 Å². The highest BCUT2D eigenvalue weighted by Crippen LogP contribution is 2.40. The summed E-state index contributed by atoms with van der Waals surface area (Å²) in [6.45, 7) is 16.2. The van der Waals surface area contributed by atoms with E-state index in [4.69, 9.17) is 9.47 Å². The number of rotatable bonds is 6. The van der Waals surface area contributed by atoms with Crippen molar-refractivity contribution in [1.82, 2.24) is 28.8 Å². The van der Waals surface area contributed by atoms with Crippen molar-refractivity contribution in [1.29, 1.82) is 0 Å². The molecule has 11 nitrogen and oxygen atoms in total. The van der Waals surface area contributed by atoms with E-state index in [0.29, 0.717) is 46.6 Å². The third kappa shape index (κ3) is 5.97. The second kappa shape index (κ2) is 11.6. The fraction of sp³-hybridized carbons (Fsp3) is 0.389. The summed E-state index contributed by atoms with van der Waals surface area (Å²) >= 11 is 0. The Labute approximate surface area is 273 Å². The molecule has 1 N–H and O–H groups in total. The zero-order valence-corrected chi connectivity index (χ0v) is 28.5. The summed E-state index contributed by atoms with van der Waals surface area (Å²) in [7, 11) is 1.70. The normalized spacial score (nSPS) is 13.8. The smallest absolute Gasteiger partial charge is 0.410 e. The van der Waals surface area contributed by atoms with Crippen LogP contribution in [-0.4, -0.2) is 53.6 Å². The van der Waals surface area contributed by atoms with Crippen LogP contribution in [0.1, 0.15) is 63.5 Å². The van der Waals surface area contributed by atoms with Crippen molar-refractivity contribution >= 4 is 17.0 Å². The van der Waals surface area contributed by atoms with Gasteiger partial charge in [-0.05, 0) is 72.6 Å². The number of hydrogen-bond donors (Lipinski definition) is 1. The van der Waals surface area contributed by atoms with Crippen molar-refractivity contribution < 1.29 is 14.3 Å². The molecule has 1 aliphatic rings. The molecule has 1 amide bonds. The van der Waals surface area contributed by atoms with Gasteiger partial charge in [-0.1, -0.05) is 18.2 Å². The molecule has 246 valence electrons. The largest absolute Gasteiger partial charge is 0.455 e. The molecule has 1 saturated heterocycles. The number of hydrogen-bond acceptors (Lipinski definition) is 6. The predicted octanol–water partition coefficient (Wildman–Crippen LogP) is 6.65. The van der Waals surface area contributed by atoms with Gasteiger partial charge in [-0.2, -0.15) is 5.10 Å². The molecule has 0 unspecified atom stereocenters. The molecular weight excluding hydrogens is 596 g/mol. The Morgan fingerprint density at radius 2 is 1.66 bits per heavy atom. The van der Waals surface area contributed by atoms with Gasteiger partial charge in [0.25, 0.3) is 11.1 Å². The monoisotopic (exact) mass is 638 g/mol. The zero-order chi connectivity index (χ0) is 33.9. The van der Waals surface area contributed by atoms with Crippen LogP contribution in [0.3, 0.4) is 0 Å². The Kier molecular flexibility index (Phi) is 7.89. The summed E-state index contributed by atoms with van der Waals surface area (Å²) in [5, 5.41) is 5.33. The van der Waals surface area contributed by atoms with Crippen LogP contribution in [0.15, 0.2) is 58.5 Å². The first-order valence-electron chi connectivity index (χ1n) is 15.9. The zero-order valence-electron chi connectivity index (χ0n) is 28.5. The number of H-pyrrole nitrogens is 1. The number of fused-ring (bicyclic) bond motifs is 1. The number of ether oxygens (including phenoxy) is 2. The Morgan fingerprint density at radius 1 is 0.979 bits per heavy atom. The predicted molar refractivity (Wildman–Crippen MR) is 182 cm³/mol. The lowest BCUT2D eigenvalue weighted by Crippen LogP contribution is -2.53. The molecule has 1 fully saturated rings. The van der Waals surface area contributed by atoms with Gasteiger partial charge >= 0.3 is 6.09 Å². The van der Waals surface area contributed by atoms with Crippen LogP contribution in [0.25, 0.3) is 33.3 Å². The Hall–Kier alpha value is -5.06. The molecule has 0 atom stereocenters. The first-order chi connectivity index (χ1) is 22.1. The standard InChI is InChI=1S/C36H42N6O5/c1-20(2)42-18-27(23(5)38-42)29-13-26-28(17-39(9)34(44)32(26)37-29)25-14-31(43)41(24-15-40(16-24)35(45)47-36(6,7)8)19-30(25)46-33-21(3)11-10-12-22(33)4/h10-14,17-20,24,37H,15-16H2,1-9H3. The number of pyridine rings is 2. The number of amides is 1. The van der Waals surface area contributed by atoms with Crippen LogP contribution >= 0.6 is 0 Å². The van der Waals surface area contributed by atoms with Gasteiger partial charge in [-0.15, -0.1) is 0 Å². The molecule has 0 aliphatic carbocycles.